The van der Waals surface area contributed by atoms with Gasteiger partial charge in [0.15, 0.2) is 17.2 Å². The van der Waals surface area contributed by atoms with Crippen LogP contribution in [0.4, 0.5) is 0 Å². The third kappa shape index (κ3) is 3.32. The lowest BCUT2D eigenvalue weighted by Gasteiger charge is -2.08. The van der Waals surface area contributed by atoms with Gasteiger partial charge in [0, 0.05) is 5.56 Å². The molecule has 2 heterocycles. The van der Waals surface area contributed by atoms with Gasteiger partial charge in [0.05, 0.1) is 22.8 Å². The van der Waals surface area contributed by atoms with Gasteiger partial charge >= 0.3 is 5.69 Å². The minimum atomic E-state index is -0.802. The van der Waals surface area contributed by atoms with Crippen molar-refractivity contribution in [1.82, 2.24) is 19.5 Å². The summed E-state index contributed by atoms with van der Waals surface area (Å²) in [6, 6.07) is 11.7. The van der Waals surface area contributed by atoms with Crippen molar-refractivity contribution >= 4 is 40.3 Å². The van der Waals surface area contributed by atoms with Crippen LogP contribution in [0.5, 0.6) is 5.75 Å². The number of nitrogens with two attached hydrogens (primary N) is 1. The highest BCUT2D eigenvalue weighted by Gasteiger charge is 2.20. The Balaban J connectivity index is 2.04. The van der Waals surface area contributed by atoms with Crippen LogP contribution in [0.1, 0.15) is 10.5 Å². The SMILES string of the molecule is COc1cccc(-c2nc(C(N)=O)c3[nH]c(=O)n(-c4ccc(Cl)c(Cl)c4)c3n2)c1. The van der Waals surface area contributed by atoms with Crippen LogP contribution in [-0.4, -0.2) is 32.5 Å². The van der Waals surface area contributed by atoms with Gasteiger partial charge in [-0.3, -0.25) is 4.79 Å². The lowest BCUT2D eigenvalue weighted by molar-refractivity contribution is 0.0997. The second-order valence-corrected chi connectivity index (χ2v) is 6.87. The zero-order valence-electron chi connectivity index (χ0n) is 14.9. The number of nitrogens with one attached hydrogen (secondary N) is 1. The summed E-state index contributed by atoms with van der Waals surface area (Å²) in [6.45, 7) is 0. The van der Waals surface area contributed by atoms with Gasteiger partial charge in [-0.25, -0.2) is 19.3 Å². The number of nitrogens with zero attached hydrogens (tertiary/aromatic N) is 3. The van der Waals surface area contributed by atoms with E-state index in [-0.39, 0.29) is 27.7 Å². The minimum Gasteiger partial charge on any atom is -0.497 e. The van der Waals surface area contributed by atoms with Crippen LogP contribution in [0, 0.1) is 0 Å². The predicted octanol–water partition coefficient (Wildman–Crippen LogP) is 3.19. The van der Waals surface area contributed by atoms with Crippen molar-refractivity contribution in [3.63, 3.8) is 0 Å². The normalized spacial score (nSPS) is 11.0. The molecule has 146 valence electrons. The van der Waals surface area contributed by atoms with E-state index >= 15 is 0 Å². The molecule has 0 aliphatic heterocycles. The Morgan fingerprint density at radius 3 is 2.62 bits per heavy atom. The first kappa shape index (κ1) is 19.0. The van der Waals surface area contributed by atoms with Crippen molar-refractivity contribution in [2.45, 2.75) is 0 Å². The van der Waals surface area contributed by atoms with Crippen LogP contribution in [0.3, 0.4) is 0 Å². The first-order valence-electron chi connectivity index (χ1n) is 8.31. The van der Waals surface area contributed by atoms with Gasteiger partial charge in [-0.1, -0.05) is 35.3 Å². The summed E-state index contributed by atoms with van der Waals surface area (Å²) in [5, 5.41) is 0.607. The number of primary amides is 1. The Kier molecular flexibility index (Phi) is 4.73. The number of H-pyrrole nitrogens is 1. The molecular formula is C19H13Cl2N5O3. The second kappa shape index (κ2) is 7.23. The molecule has 2 aromatic heterocycles. The Bertz CT molecular complexity index is 1330. The average molecular weight is 430 g/mol. The number of fused-ring (bicyclic) bond motifs is 1. The van der Waals surface area contributed by atoms with Gasteiger partial charge in [0.2, 0.25) is 0 Å². The van der Waals surface area contributed by atoms with Gasteiger partial charge in [-0.05, 0) is 30.3 Å². The summed E-state index contributed by atoms with van der Waals surface area (Å²) < 4.78 is 6.50. The summed E-state index contributed by atoms with van der Waals surface area (Å²) in [5.41, 5.74) is 6.17. The molecule has 0 atom stereocenters. The van der Waals surface area contributed by atoms with E-state index in [4.69, 9.17) is 33.7 Å². The molecule has 0 aliphatic carbocycles. The van der Waals surface area contributed by atoms with Gasteiger partial charge in [0.1, 0.15) is 11.3 Å². The Morgan fingerprint density at radius 1 is 1.14 bits per heavy atom. The summed E-state index contributed by atoms with van der Waals surface area (Å²) in [5.74, 6) is -0.00939. The maximum atomic E-state index is 12.6. The number of imidazole rings is 1. The highest BCUT2D eigenvalue weighted by Crippen LogP contribution is 2.27. The molecule has 2 aromatic carbocycles. The number of carbonyl (C=O) groups is 1. The molecule has 4 rings (SSSR count). The third-order valence-corrected chi connectivity index (χ3v) is 5.00. The van der Waals surface area contributed by atoms with Crippen LogP contribution < -0.4 is 16.2 Å². The Hall–Kier alpha value is -3.36. The summed E-state index contributed by atoms with van der Waals surface area (Å²) in [7, 11) is 1.53. The Labute approximate surface area is 173 Å². The van der Waals surface area contributed by atoms with Crippen LogP contribution in [0.15, 0.2) is 47.3 Å². The van der Waals surface area contributed by atoms with E-state index in [1.54, 1.807) is 36.4 Å². The first-order chi connectivity index (χ1) is 13.9. The lowest BCUT2D eigenvalue weighted by Crippen LogP contribution is -2.15. The molecule has 0 fully saturated rings. The molecule has 0 spiro atoms. The van der Waals surface area contributed by atoms with Crippen LogP contribution in [-0.2, 0) is 0 Å². The molecule has 0 saturated heterocycles. The predicted molar refractivity (Wildman–Crippen MR) is 110 cm³/mol. The number of aromatic nitrogens is 4. The number of ether oxygens (including phenoxy) is 1. The van der Waals surface area contributed by atoms with E-state index < -0.39 is 11.6 Å². The number of hydrogen-bond acceptors (Lipinski definition) is 5. The zero-order valence-corrected chi connectivity index (χ0v) is 16.5. The molecule has 0 bridgehead atoms. The quantitative estimate of drug-likeness (QED) is 0.516. The zero-order chi connectivity index (χ0) is 20.7. The number of methoxy groups -OCH3 is 1. The third-order valence-electron chi connectivity index (χ3n) is 4.26. The van der Waals surface area contributed by atoms with Crippen molar-refractivity contribution in [3.05, 3.63) is 68.7 Å². The first-order valence-corrected chi connectivity index (χ1v) is 9.07. The van der Waals surface area contributed by atoms with E-state index in [0.717, 1.165) is 0 Å². The minimum absolute atomic E-state index is 0.108. The van der Waals surface area contributed by atoms with Crippen LogP contribution in [0.25, 0.3) is 28.2 Å². The highest BCUT2D eigenvalue weighted by molar-refractivity contribution is 6.42. The van der Waals surface area contributed by atoms with Crippen LogP contribution >= 0.6 is 23.2 Å². The molecule has 10 heteroatoms. The molecule has 0 radical (unpaired) electrons. The van der Waals surface area contributed by atoms with Crippen molar-refractivity contribution in [1.29, 1.82) is 0 Å². The standard InChI is InChI=1S/C19H13Cl2N5O3/c1-29-11-4-2-3-9(7-11)17-23-14(16(22)27)15-18(25-17)26(19(28)24-15)10-5-6-12(20)13(21)8-10/h2-8H,1H3,(H2,22,27)(H,24,28). The average Bonchev–Trinajstić information content (AvgIpc) is 3.05. The highest BCUT2D eigenvalue weighted by atomic mass is 35.5. The second-order valence-electron chi connectivity index (χ2n) is 6.05. The lowest BCUT2D eigenvalue weighted by atomic mass is 10.2. The molecule has 1 amide bonds. The number of amides is 1. The fraction of sp³-hybridized carbons (Fsp3) is 0.0526. The number of benzene rings is 2. The van der Waals surface area contributed by atoms with Crippen molar-refractivity contribution in [2.75, 3.05) is 7.11 Å². The molecule has 3 N–H and O–H groups in total. The van der Waals surface area contributed by atoms with Crippen LogP contribution in [0.2, 0.25) is 10.0 Å². The number of carbonyl (C=O) groups excluding carboxylic acids is 1. The van der Waals surface area contributed by atoms with Gasteiger partial charge in [-0.2, -0.15) is 0 Å². The molecule has 0 aliphatic rings. The van der Waals surface area contributed by atoms with E-state index in [2.05, 4.69) is 15.0 Å². The monoisotopic (exact) mass is 429 g/mol. The van der Waals surface area contributed by atoms with Gasteiger partial charge < -0.3 is 15.5 Å². The molecular weight excluding hydrogens is 417 g/mol. The topological polar surface area (TPSA) is 116 Å². The molecule has 4 aromatic rings. The van der Waals surface area contributed by atoms with E-state index in [0.29, 0.717) is 22.0 Å². The number of halogens is 2. The number of hydrogen-bond donors (Lipinski definition) is 2. The molecule has 0 saturated carbocycles. The maximum absolute atomic E-state index is 12.6. The van der Waals surface area contributed by atoms with E-state index in [9.17, 15) is 9.59 Å². The summed E-state index contributed by atoms with van der Waals surface area (Å²) in [6.07, 6.45) is 0. The van der Waals surface area contributed by atoms with Gasteiger partial charge in [-0.15, -0.1) is 0 Å². The molecule has 0 unspecified atom stereocenters. The Morgan fingerprint density at radius 2 is 1.93 bits per heavy atom. The largest absolute Gasteiger partial charge is 0.497 e. The van der Waals surface area contributed by atoms with Gasteiger partial charge in [0.25, 0.3) is 5.91 Å². The molecule has 8 nitrogen and oxygen atoms in total. The van der Waals surface area contributed by atoms with Crippen molar-refractivity contribution in [3.8, 4) is 22.8 Å². The summed E-state index contributed by atoms with van der Waals surface area (Å²) in [4.78, 5) is 36.0. The summed E-state index contributed by atoms with van der Waals surface area (Å²) >= 11 is 12.1. The van der Waals surface area contributed by atoms with E-state index in [1.807, 2.05) is 0 Å². The van der Waals surface area contributed by atoms with Crippen molar-refractivity contribution < 1.29 is 9.53 Å². The van der Waals surface area contributed by atoms with E-state index in [1.165, 1.54) is 17.7 Å². The fourth-order valence-corrected chi connectivity index (χ4v) is 3.21. The molecule has 29 heavy (non-hydrogen) atoms. The maximum Gasteiger partial charge on any atom is 0.332 e. The smallest absolute Gasteiger partial charge is 0.332 e. The number of rotatable bonds is 4. The fourth-order valence-electron chi connectivity index (χ4n) is 2.92. The number of aromatic amines is 1. The van der Waals surface area contributed by atoms with Crippen molar-refractivity contribution in [2.24, 2.45) is 5.73 Å².